The molecule has 2 atom stereocenters. The topological polar surface area (TPSA) is 97.8 Å². The molecule has 3 aromatic rings. The molecular weight excluding hydrogens is 501 g/mol. The number of fused-ring (bicyclic) bond motifs is 7. The fourth-order valence-corrected chi connectivity index (χ4v) is 4.63. The number of carbonyl (C=O) groups excluding carboxylic acids is 1. The number of ether oxygens (including phenoxy) is 1. The molecule has 2 aliphatic rings. The Balaban J connectivity index is 1.52. The van der Waals surface area contributed by atoms with Crippen LogP contribution in [0.1, 0.15) is 75.9 Å². The number of rotatable bonds is 4. The molecule has 38 heavy (non-hydrogen) atoms. The van der Waals surface area contributed by atoms with Gasteiger partial charge in [0, 0.05) is 43.5 Å². The second kappa shape index (κ2) is 10.7. The molecule has 4 heterocycles. The predicted octanol–water partition coefficient (Wildman–Crippen LogP) is 5.79. The van der Waals surface area contributed by atoms with Gasteiger partial charge in [0.15, 0.2) is 5.76 Å². The van der Waals surface area contributed by atoms with Gasteiger partial charge in [-0.3, -0.25) is 0 Å². The molecule has 2 amide bonds. The van der Waals surface area contributed by atoms with Crippen molar-refractivity contribution in [1.29, 1.82) is 0 Å². The van der Waals surface area contributed by atoms with Gasteiger partial charge in [-0.25, -0.2) is 19.7 Å². The Morgan fingerprint density at radius 1 is 1.21 bits per heavy atom. The number of nitrogens with one attached hydrogen (secondary N) is 1. The quantitative estimate of drug-likeness (QED) is 0.427. The molecule has 9 nitrogen and oxygen atoms in total. The summed E-state index contributed by atoms with van der Waals surface area (Å²) in [5, 5.41) is 2.80. The minimum atomic E-state index is -4.31. The molecule has 3 aromatic heterocycles. The average Bonchev–Trinajstić information content (AvgIpc) is 3.43. The summed E-state index contributed by atoms with van der Waals surface area (Å²) in [5.74, 6) is 1.47. The number of carbonyl (C=O) groups is 1. The second-order valence-electron chi connectivity index (χ2n) is 9.74. The first-order valence-electron chi connectivity index (χ1n) is 13.0. The summed E-state index contributed by atoms with van der Waals surface area (Å²) >= 11 is 0. The van der Waals surface area contributed by atoms with Crippen molar-refractivity contribution in [3.05, 3.63) is 42.3 Å². The summed E-state index contributed by atoms with van der Waals surface area (Å²) in [7, 11) is 0. The van der Waals surface area contributed by atoms with Gasteiger partial charge in [0.05, 0.1) is 12.3 Å². The Hall–Kier alpha value is -3.57. The molecule has 5 rings (SSSR count). The van der Waals surface area contributed by atoms with Crippen LogP contribution in [0.2, 0.25) is 0 Å². The molecule has 204 valence electrons. The summed E-state index contributed by atoms with van der Waals surface area (Å²) in [6.07, 6.45) is 6.13. The van der Waals surface area contributed by atoms with Crippen LogP contribution in [0.5, 0.6) is 5.88 Å². The summed E-state index contributed by atoms with van der Waals surface area (Å²) in [5.41, 5.74) is 1.90. The lowest BCUT2D eigenvalue weighted by Gasteiger charge is -2.29. The predicted molar refractivity (Wildman–Crippen MR) is 133 cm³/mol. The highest BCUT2D eigenvalue weighted by Crippen LogP contribution is 2.45. The molecule has 4 bridgehead atoms. The van der Waals surface area contributed by atoms with Crippen LogP contribution in [0.3, 0.4) is 0 Å². The molecular formula is C26H31F3N6O3. The third-order valence-corrected chi connectivity index (χ3v) is 6.85. The highest BCUT2D eigenvalue weighted by atomic mass is 19.4. The standard InChI is InChI=1S/C26H31F3N6O3/c1-3-35-16(2)23-33-20(17-8-9-17)21(38-23)19-15-34-13-12-30-22(34)24(32-19)37-14-6-4-5-7-18(31-25(35)36)10-11-26(27,28)29/h4-5,12-13,15-18H,3,6-11,14H2,1-2H3,(H,31,36)/b5-4+/t16-,18-/m1/s1. The summed E-state index contributed by atoms with van der Waals surface area (Å²) in [6, 6.07) is -1.68. The highest BCUT2D eigenvalue weighted by molar-refractivity contribution is 5.75. The van der Waals surface area contributed by atoms with Crippen LogP contribution in [-0.4, -0.2) is 55.7 Å². The Labute approximate surface area is 218 Å². The lowest BCUT2D eigenvalue weighted by atomic mass is 10.1. The van der Waals surface area contributed by atoms with Crippen molar-refractivity contribution in [2.24, 2.45) is 0 Å². The Morgan fingerprint density at radius 2 is 2.03 bits per heavy atom. The number of urea groups is 1. The molecule has 1 N–H and O–H groups in total. The molecule has 0 aromatic carbocycles. The number of halogens is 3. The van der Waals surface area contributed by atoms with Crippen LogP contribution in [0.25, 0.3) is 17.1 Å². The van der Waals surface area contributed by atoms with Gasteiger partial charge in [-0.05, 0) is 46.0 Å². The van der Waals surface area contributed by atoms with E-state index >= 15 is 0 Å². The first-order chi connectivity index (χ1) is 18.2. The van der Waals surface area contributed by atoms with Gasteiger partial charge in [0.1, 0.15) is 11.7 Å². The van der Waals surface area contributed by atoms with Crippen molar-refractivity contribution in [3.8, 4) is 17.3 Å². The zero-order chi connectivity index (χ0) is 26.9. The number of aromatic nitrogens is 4. The monoisotopic (exact) mass is 532 g/mol. The first-order valence-corrected chi connectivity index (χ1v) is 13.0. The molecule has 1 aliphatic carbocycles. The number of imidazole rings is 1. The first kappa shape index (κ1) is 26.1. The normalized spacial score (nSPS) is 22.1. The molecule has 1 aliphatic heterocycles. The maximum atomic E-state index is 13.2. The zero-order valence-corrected chi connectivity index (χ0v) is 21.4. The van der Waals surface area contributed by atoms with Crippen LogP contribution < -0.4 is 10.1 Å². The molecule has 0 radical (unpaired) electrons. The number of hydrogen-bond donors (Lipinski definition) is 1. The van der Waals surface area contributed by atoms with E-state index in [0.29, 0.717) is 48.4 Å². The minimum Gasteiger partial charge on any atom is -0.475 e. The molecule has 0 saturated heterocycles. The van der Waals surface area contributed by atoms with Crippen LogP contribution in [0, 0.1) is 0 Å². The average molecular weight is 533 g/mol. The summed E-state index contributed by atoms with van der Waals surface area (Å²) in [6.45, 7) is 4.23. The number of hydrogen-bond acceptors (Lipinski definition) is 6. The lowest BCUT2D eigenvalue weighted by molar-refractivity contribution is -0.136. The molecule has 0 unspecified atom stereocenters. The van der Waals surface area contributed by atoms with Crippen molar-refractivity contribution in [2.75, 3.05) is 13.2 Å². The van der Waals surface area contributed by atoms with Gasteiger partial charge in [0.25, 0.3) is 5.88 Å². The Bertz CT molecular complexity index is 1310. The van der Waals surface area contributed by atoms with E-state index in [4.69, 9.17) is 19.1 Å². The smallest absolute Gasteiger partial charge is 0.389 e. The van der Waals surface area contributed by atoms with E-state index in [0.717, 1.165) is 18.5 Å². The van der Waals surface area contributed by atoms with Crippen molar-refractivity contribution >= 4 is 11.7 Å². The minimum absolute atomic E-state index is 0.218. The van der Waals surface area contributed by atoms with Crippen LogP contribution in [-0.2, 0) is 0 Å². The van der Waals surface area contributed by atoms with Gasteiger partial charge in [-0.1, -0.05) is 12.2 Å². The number of nitrogens with zero attached hydrogens (tertiary/aromatic N) is 5. The van der Waals surface area contributed by atoms with Crippen LogP contribution in [0.15, 0.2) is 35.2 Å². The van der Waals surface area contributed by atoms with E-state index in [9.17, 15) is 18.0 Å². The van der Waals surface area contributed by atoms with E-state index in [1.165, 1.54) is 4.90 Å². The van der Waals surface area contributed by atoms with Gasteiger partial charge >= 0.3 is 12.2 Å². The summed E-state index contributed by atoms with van der Waals surface area (Å²) in [4.78, 5) is 28.6. The van der Waals surface area contributed by atoms with Gasteiger partial charge in [-0.2, -0.15) is 13.2 Å². The fourth-order valence-electron chi connectivity index (χ4n) is 4.63. The second-order valence-corrected chi connectivity index (χ2v) is 9.74. The van der Waals surface area contributed by atoms with Gasteiger partial charge in [-0.15, -0.1) is 0 Å². The largest absolute Gasteiger partial charge is 0.475 e. The van der Waals surface area contributed by atoms with E-state index in [1.54, 1.807) is 25.4 Å². The maximum absolute atomic E-state index is 13.2. The Kier molecular flexibility index (Phi) is 7.31. The Morgan fingerprint density at radius 3 is 2.76 bits per heavy atom. The van der Waals surface area contributed by atoms with E-state index < -0.39 is 30.7 Å². The van der Waals surface area contributed by atoms with Crippen molar-refractivity contribution in [1.82, 2.24) is 29.6 Å². The van der Waals surface area contributed by atoms with E-state index in [2.05, 4.69) is 10.3 Å². The number of oxazole rings is 1. The van der Waals surface area contributed by atoms with Gasteiger partial charge < -0.3 is 23.8 Å². The van der Waals surface area contributed by atoms with Crippen LogP contribution in [0.4, 0.5) is 18.0 Å². The van der Waals surface area contributed by atoms with Crippen molar-refractivity contribution in [3.63, 3.8) is 0 Å². The number of amides is 2. The van der Waals surface area contributed by atoms with Gasteiger partial charge in [0.2, 0.25) is 11.5 Å². The summed E-state index contributed by atoms with van der Waals surface area (Å²) < 4.78 is 52.9. The van der Waals surface area contributed by atoms with E-state index in [1.807, 2.05) is 23.6 Å². The molecule has 1 saturated carbocycles. The van der Waals surface area contributed by atoms with E-state index in [-0.39, 0.29) is 18.8 Å². The van der Waals surface area contributed by atoms with Crippen molar-refractivity contribution in [2.45, 2.75) is 76.6 Å². The highest BCUT2D eigenvalue weighted by Gasteiger charge is 2.35. The third-order valence-electron chi connectivity index (χ3n) is 6.85. The maximum Gasteiger partial charge on any atom is 0.389 e. The molecule has 12 heteroatoms. The molecule has 1 fully saturated rings. The van der Waals surface area contributed by atoms with Crippen molar-refractivity contribution < 1.29 is 27.1 Å². The number of alkyl halides is 3. The third kappa shape index (κ3) is 5.78. The lowest BCUT2D eigenvalue weighted by Crippen LogP contribution is -2.46. The zero-order valence-electron chi connectivity index (χ0n) is 21.4. The molecule has 0 spiro atoms. The fraction of sp³-hybridized carbons (Fsp3) is 0.538. The SMILES string of the molecule is CCN1C(=O)N[C@@H](CCC(F)(F)F)C/C=C/CCOc2nc(cn3ccnc23)-c2oc(nc2C2CC2)[C@H]1C. The van der Waals surface area contributed by atoms with Crippen LogP contribution >= 0.6 is 0 Å².